The van der Waals surface area contributed by atoms with Gasteiger partial charge in [0.05, 0.1) is 0 Å². The summed E-state index contributed by atoms with van der Waals surface area (Å²) in [6.07, 6.45) is 9.74. The van der Waals surface area contributed by atoms with E-state index in [2.05, 4.69) is 22.7 Å². The van der Waals surface area contributed by atoms with Crippen molar-refractivity contribution in [2.45, 2.75) is 0 Å². The topological polar surface area (TPSA) is 24.1 Å². The number of hydrogen-bond acceptors (Lipinski definition) is 2. The summed E-state index contributed by atoms with van der Waals surface area (Å²) in [5, 5.41) is 5.31. The van der Waals surface area contributed by atoms with Crippen LogP contribution in [0, 0.1) is 24.9 Å². The monoisotopic (exact) mass is 108 g/mol. The zero-order valence-corrected chi connectivity index (χ0v) is 4.57. The molecular formula is C6H8N2. The Hall–Kier alpha value is -1.28. The lowest BCUT2D eigenvalue weighted by Crippen LogP contribution is -2.20. The van der Waals surface area contributed by atoms with Gasteiger partial charge in [0.25, 0.3) is 0 Å². The van der Waals surface area contributed by atoms with Crippen LogP contribution in [0.25, 0.3) is 0 Å². The molecule has 0 aliphatic carbocycles. The first kappa shape index (κ1) is 6.72. The minimum Gasteiger partial charge on any atom is -0.344 e. The van der Waals surface area contributed by atoms with E-state index in [0.717, 1.165) is 0 Å². The van der Waals surface area contributed by atoms with Gasteiger partial charge in [-0.25, -0.2) is 0 Å². The van der Waals surface area contributed by atoms with Crippen LogP contribution in [0.2, 0.25) is 0 Å². The first-order valence-corrected chi connectivity index (χ1v) is 2.28. The van der Waals surface area contributed by atoms with Crippen molar-refractivity contribution in [3.05, 3.63) is 0 Å². The molecule has 0 heterocycles. The highest BCUT2D eigenvalue weighted by Crippen LogP contribution is 1.50. The highest BCUT2D eigenvalue weighted by atomic mass is 14.9. The Morgan fingerprint density at radius 3 is 1.62 bits per heavy atom. The van der Waals surface area contributed by atoms with Gasteiger partial charge in [-0.3, -0.25) is 0 Å². The second kappa shape index (κ2) is 5.72. The number of rotatable bonds is 3. The van der Waals surface area contributed by atoms with Crippen molar-refractivity contribution < 1.29 is 0 Å². The summed E-state index contributed by atoms with van der Waals surface area (Å²) in [4.78, 5) is 0. The molecule has 0 unspecified atom stereocenters. The third-order valence-corrected chi connectivity index (χ3v) is 0.579. The molecule has 0 saturated heterocycles. The normalized spacial score (nSPS) is 6.25. The standard InChI is InChI=1S/C6H8N2/c1-3-7-5-6-8-4-2/h1-2,7-8H,5-6H2. The summed E-state index contributed by atoms with van der Waals surface area (Å²) in [5.74, 6) is 0. The molecule has 0 aliphatic rings. The summed E-state index contributed by atoms with van der Waals surface area (Å²) in [7, 11) is 0. The van der Waals surface area contributed by atoms with Crippen molar-refractivity contribution in [3.8, 4) is 24.9 Å². The third-order valence-electron chi connectivity index (χ3n) is 0.579. The van der Waals surface area contributed by atoms with Gasteiger partial charge in [0.15, 0.2) is 0 Å². The number of hydrogen-bond donors (Lipinski definition) is 2. The molecule has 0 bridgehead atoms. The minimum absolute atomic E-state index is 0.709. The van der Waals surface area contributed by atoms with Crippen LogP contribution in [-0.2, 0) is 0 Å². The Labute approximate surface area is 49.7 Å². The van der Waals surface area contributed by atoms with Crippen LogP contribution in [0.4, 0.5) is 0 Å². The van der Waals surface area contributed by atoms with E-state index in [1.165, 1.54) is 0 Å². The van der Waals surface area contributed by atoms with Crippen LogP contribution in [0.3, 0.4) is 0 Å². The molecule has 0 aromatic heterocycles. The smallest absolute Gasteiger partial charge is 0.0410 e. The third kappa shape index (κ3) is 4.72. The van der Waals surface area contributed by atoms with Crippen molar-refractivity contribution >= 4 is 0 Å². The zero-order chi connectivity index (χ0) is 6.24. The van der Waals surface area contributed by atoms with Crippen molar-refractivity contribution in [3.63, 3.8) is 0 Å². The van der Waals surface area contributed by atoms with Gasteiger partial charge in [-0.2, -0.15) is 0 Å². The van der Waals surface area contributed by atoms with Crippen LogP contribution in [-0.4, -0.2) is 13.1 Å². The molecule has 2 nitrogen and oxygen atoms in total. The molecule has 0 aliphatic heterocycles. The quantitative estimate of drug-likeness (QED) is 0.285. The van der Waals surface area contributed by atoms with Gasteiger partial charge in [0, 0.05) is 25.2 Å². The largest absolute Gasteiger partial charge is 0.344 e. The van der Waals surface area contributed by atoms with E-state index < -0.39 is 0 Å². The van der Waals surface area contributed by atoms with E-state index in [1.807, 2.05) is 0 Å². The van der Waals surface area contributed by atoms with E-state index in [-0.39, 0.29) is 0 Å². The first-order chi connectivity index (χ1) is 3.91. The molecule has 0 atom stereocenters. The lowest BCUT2D eigenvalue weighted by Gasteiger charge is -1.94. The van der Waals surface area contributed by atoms with Crippen LogP contribution < -0.4 is 10.6 Å². The van der Waals surface area contributed by atoms with Gasteiger partial charge in [0.2, 0.25) is 0 Å². The summed E-state index contributed by atoms with van der Waals surface area (Å²) in [6, 6.07) is 4.54. The van der Waals surface area contributed by atoms with Crippen molar-refractivity contribution in [1.82, 2.24) is 10.6 Å². The van der Waals surface area contributed by atoms with E-state index in [4.69, 9.17) is 12.8 Å². The van der Waals surface area contributed by atoms with Gasteiger partial charge < -0.3 is 10.6 Å². The van der Waals surface area contributed by atoms with Crippen LogP contribution in [0.15, 0.2) is 0 Å². The lowest BCUT2D eigenvalue weighted by molar-refractivity contribution is 0.795. The van der Waals surface area contributed by atoms with Crippen LogP contribution >= 0.6 is 0 Å². The van der Waals surface area contributed by atoms with E-state index in [0.29, 0.717) is 13.1 Å². The molecule has 0 aromatic rings. The summed E-state index contributed by atoms with van der Waals surface area (Å²) in [6.45, 7) is 1.42. The molecule has 0 fully saturated rings. The van der Waals surface area contributed by atoms with Gasteiger partial charge in [-0.15, -0.1) is 0 Å². The molecule has 0 amide bonds. The van der Waals surface area contributed by atoms with Crippen molar-refractivity contribution in [2.75, 3.05) is 13.1 Å². The van der Waals surface area contributed by atoms with Crippen LogP contribution in [0.1, 0.15) is 0 Å². The average molecular weight is 108 g/mol. The molecule has 0 spiro atoms. The fourth-order valence-corrected chi connectivity index (χ4v) is 0.269. The Bertz CT molecular complexity index is 99.5. The number of terminal acetylenes is 2. The summed E-state index contributed by atoms with van der Waals surface area (Å²) >= 11 is 0. The summed E-state index contributed by atoms with van der Waals surface area (Å²) in [5.41, 5.74) is 0. The molecule has 8 heavy (non-hydrogen) atoms. The molecular weight excluding hydrogens is 100 g/mol. The lowest BCUT2D eigenvalue weighted by atomic mass is 10.6. The maximum absolute atomic E-state index is 4.87. The Kier molecular flexibility index (Phi) is 4.80. The average Bonchev–Trinajstić information content (AvgIpc) is 1.81. The number of nitrogens with one attached hydrogen (secondary N) is 2. The highest BCUT2D eigenvalue weighted by Gasteiger charge is 1.74. The van der Waals surface area contributed by atoms with E-state index in [9.17, 15) is 0 Å². The minimum atomic E-state index is 0.709. The maximum atomic E-state index is 4.87. The fraction of sp³-hybridized carbons (Fsp3) is 0.333. The Morgan fingerprint density at radius 2 is 1.38 bits per heavy atom. The molecule has 0 aromatic carbocycles. The predicted octanol–water partition coefficient (Wildman–Crippen LogP) is -0.653. The zero-order valence-electron chi connectivity index (χ0n) is 4.57. The van der Waals surface area contributed by atoms with Gasteiger partial charge in [0.1, 0.15) is 0 Å². The van der Waals surface area contributed by atoms with Gasteiger partial charge in [-0.1, -0.05) is 12.8 Å². The second-order valence-electron chi connectivity index (χ2n) is 1.14. The summed E-state index contributed by atoms with van der Waals surface area (Å²) < 4.78 is 0. The maximum Gasteiger partial charge on any atom is 0.0410 e. The first-order valence-electron chi connectivity index (χ1n) is 2.28. The molecule has 2 N–H and O–H groups in total. The van der Waals surface area contributed by atoms with Crippen molar-refractivity contribution in [2.24, 2.45) is 0 Å². The van der Waals surface area contributed by atoms with Crippen LogP contribution in [0.5, 0.6) is 0 Å². The molecule has 0 rings (SSSR count). The highest BCUT2D eigenvalue weighted by molar-refractivity contribution is 4.83. The Balaban J connectivity index is 2.77. The SMILES string of the molecule is C#CNCCNC#C. The van der Waals surface area contributed by atoms with Gasteiger partial charge in [-0.05, 0) is 0 Å². The predicted molar refractivity (Wildman–Crippen MR) is 33.7 cm³/mol. The van der Waals surface area contributed by atoms with E-state index >= 15 is 0 Å². The molecule has 2 heteroatoms. The fourth-order valence-electron chi connectivity index (χ4n) is 0.269. The Morgan fingerprint density at radius 1 is 1.00 bits per heavy atom. The molecule has 0 saturated carbocycles. The van der Waals surface area contributed by atoms with Crippen molar-refractivity contribution in [1.29, 1.82) is 0 Å². The molecule has 0 radical (unpaired) electrons. The van der Waals surface area contributed by atoms with E-state index in [1.54, 1.807) is 0 Å². The second-order valence-corrected chi connectivity index (χ2v) is 1.14. The molecule has 42 valence electrons. The van der Waals surface area contributed by atoms with Gasteiger partial charge >= 0.3 is 0 Å².